The standard InChI is InChI=1S/C15H17Br2NOS/c1-3-18-12(14-6-7-15(17)20-14)9-10-4-5-13(19-2)11(16)8-10/h4-8,12,18H,3,9H2,1-2H3. The summed E-state index contributed by atoms with van der Waals surface area (Å²) in [6, 6.07) is 10.9. The Bertz CT molecular complexity index is 571. The van der Waals surface area contributed by atoms with Crippen LogP contribution in [0, 0.1) is 0 Å². The van der Waals surface area contributed by atoms with Crippen LogP contribution in [0.1, 0.15) is 23.4 Å². The molecule has 2 nitrogen and oxygen atoms in total. The average Bonchev–Trinajstić information content (AvgIpc) is 2.85. The normalized spacial score (nSPS) is 12.4. The summed E-state index contributed by atoms with van der Waals surface area (Å²) in [5.41, 5.74) is 1.29. The maximum Gasteiger partial charge on any atom is 0.133 e. The highest BCUT2D eigenvalue weighted by atomic mass is 79.9. The van der Waals surface area contributed by atoms with Gasteiger partial charge in [-0.1, -0.05) is 13.0 Å². The van der Waals surface area contributed by atoms with E-state index in [9.17, 15) is 0 Å². The maximum atomic E-state index is 5.27. The molecule has 0 amide bonds. The molecule has 2 rings (SSSR count). The van der Waals surface area contributed by atoms with Crippen LogP contribution in [0.25, 0.3) is 0 Å². The highest BCUT2D eigenvalue weighted by Crippen LogP contribution is 2.31. The predicted octanol–water partition coefficient (Wildman–Crippen LogP) is 5.18. The first-order valence-corrected chi connectivity index (χ1v) is 8.85. The van der Waals surface area contributed by atoms with Gasteiger partial charge in [-0.15, -0.1) is 11.3 Å². The number of halogens is 2. The third-order valence-corrected chi connectivity index (χ3v) is 5.40. The van der Waals surface area contributed by atoms with E-state index in [0.717, 1.165) is 23.2 Å². The second kappa shape index (κ2) is 7.59. The van der Waals surface area contributed by atoms with Gasteiger partial charge < -0.3 is 10.1 Å². The highest BCUT2D eigenvalue weighted by Gasteiger charge is 2.14. The van der Waals surface area contributed by atoms with Crippen molar-refractivity contribution in [2.45, 2.75) is 19.4 Å². The van der Waals surface area contributed by atoms with Crippen molar-refractivity contribution in [3.8, 4) is 5.75 Å². The molecule has 0 aliphatic carbocycles. The number of thiophene rings is 1. The Morgan fingerprint density at radius 2 is 2.05 bits per heavy atom. The molecule has 1 N–H and O–H groups in total. The lowest BCUT2D eigenvalue weighted by Gasteiger charge is -2.17. The van der Waals surface area contributed by atoms with Crippen molar-refractivity contribution in [1.29, 1.82) is 0 Å². The van der Waals surface area contributed by atoms with Crippen molar-refractivity contribution in [3.63, 3.8) is 0 Å². The molecular formula is C15H17Br2NOS. The van der Waals surface area contributed by atoms with E-state index in [2.05, 4.69) is 68.4 Å². The summed E-state index contributed by atoms with van der Waals surface area (Å²) < 4.78 is 7.45. The lowest BCUT2D eigenvalue weighted by Crippen LogP contribution is -2.22. The predicted molar refractivity (Wildman–Crippen MR) is 92.8 cm³/mol. The summed E-state index contributed by atoms with van der Waals surface area (Å²) in [6.07, 6.45) is 0.962. The minimum Gasteiger partial charge on any atom is -0.496 e. The fraction of sp³-hybridized carbons (Fsp3) is 0.333. The molecule has 0 aliphatic heterocycles. The molecule has 2 aromatic rings. The van der Waals surface area contributed by atoms with Crippen molar-refractivity contribution in [2.75, 3.05) is 13.7 Å². The van der Waals surface area contributed by atoms with Crippen LogP contribution < -0.4 is 10.1 Å². The lowest BCUT2D eigenvalue weighted by molar-refractivity contribution is 0.412. The molecule has 1 heterocycles. The number of benzene rings is 1. The molecule has 0 saturated heterocycles. The van der Waals surface area contributed by atoms with Gasteiger partial charge in [-0.2, -0.15) is 0 Å². The zero-order valence-corrected chi connectivity index (χ0v) is 15.4. The SMILES string of the molecule is CCNC(Cc1ccc(OC)c(Br)c1)c1ccc(Br)s1. The van der Waals surface area contributed by atoms with E-state index in [-0.39, 0.29) is 0 Å². The van der Waals surface area contributed by atoms with Gasteiger partial charge in [0.1, 0.15) is 5.75 Å². The molecular weight excluding hydrogens is 402 g/mol. The number of hydrogen-bond donors (Lipinski definition) is 1. The smallest absolute Gasteiger partial charge is 0.133 e. The molecule has 0 spiro atoms. The molecule has 0 radical (unpaired) electrons. The molecule has 0 saturated carbocycles. The first kappa shape index (κ1) is 16.0. The Morgan fingerprint density at radius 3 is 2.60 bits per heavy atom. The zero-order chi connectivity index (χ0) is 14.5. The summed E-state index contributed by atoms with van der Waals surface area (Å²) >= 11 is 8.87. The average molecular weight is 419 g/mol. The summed E-state index contributed by atoms with van der Waals surface area (Å²) in [4.78, 5) is 1.35. The second-order valence-corrected chi connectivity index (χ2v) is 7.77. The molecule has 1 aromatic heterocycles. The quantitative estimate of drug-likeness (QED) is 0.698. The molecule has 0 bridgehead atoms. The Hall–Kier alpha value is -0.360. The number of nitrogens with one attached hydrogen (secondary N) is 1. The minimum atomic E-state index is 0.344. The summed E-state index contributed by atoms with van der Waals surface area (Å²) in [7, 11) is 1.68. The van der Waals surface area contributed by atoms with Crippen LogP contribution in [0.4, 0.5) is 0 Å². The maximum absolute atomic E-state index is 5.27. The first-order valence-electron chi connectivity index (χ1n) is 6.45. The van der Waals surface area contributed by atoms with Gasteiger partial charge in [-0.3, -0.25) is 0 Å². The monoisotopic (exact) mass is 417 g/mol. The van der Waals surface area contributed by atoms with Gasteiger partial charge >= 0.3 is 0 Å². The third kappa shape index (κ3) is 4.07. The lowest BCUT2D eigenvalue weighted by atomic mass is 10.0. The van der Waals surface area contributed by atoms with Crippen molar-refractivity contribution >= 4 is 43.2 Å². The molecule has 1 atom stereocenters. The molecule has 20 heavy (non-hydrogen) atoms. The molecule has 0 fully saturated rings. The number of likely N-dealkylation sites (N-methyl/N-ethyl adjacent to an activating group) is 1. The van der Waals surface area contributed by atoms with Crippen LogP contribution in [0.2, 0.25) is 0 Å². The van der Waals surface area contributed by atoms with Crippen molar-refractivity contribution in [1.82, 2.24) is 5.32 Å². The van der Waals surface area contributed by atoms with Crippen molar-refractivity contribution in [2.24, 2.45) is 0 Å². The molecule has 108 valence electrons. The second-order valence-electron chi connectivity index (χ2n) is 4.43. The summed E-state index contributed by atoms with van der Waals surface area (Å²) in [6.45, 7) is 3.09. The van der Waals surface area contributed by atoms with Crippen LogP contribution in [0.3, 0.4) is 0 Å². The highest BCUT2D eigenvalue weighted by molar-refractivity contribution is 9.11. The Balaban J connectivity index is 2.17. The van der Waals surface area contributed by atoms with Gasteiger partial charge in [0.15, 0.2) is 0 Å². The molecule has 0 aliphatic rings. The first-order chi connectivity index (χ1) is 9.63. The van der Waals surface area contributed by atoms with E-state index >= 15 is 0 Å². The molecule has 1 aromatic carbocycles. The zero-order valence-electron chi connectivity index (χ0n) is 11.5. The van der Waals surface area contributed by atoms with Gasteiger partial charge in [-0.05, 0) is 74.7 Å². The fourth-order valence-electron chi connectivity index (χ4n) is 2.11. The summed E-state index contributed by atoms with van der Waals surface area (Å²) in [5.74, 6) is 0.868. The Labute approximate surface area is 140 Å². The Kier molecular flexibility index (Phi) is 6.08. The minimum absolute atomic E-state index is 0.344. The fourth-order valence-corrected chi connectivity index (χ4v) is 4.20. The van der Waals surface area contributed by atoms with Crippen LogP contribution in [-0.2, 0) is 6.42 Å². The van der Waals surface area contributed by atoms with Crippen molar-refractivity contribution < 1.29 is 4.74 Å². The van der Waals surface area contributed by atoms with Crippen LogP contribution in [-0.4, -0.2) is 13.7 Å². The van der Waals surface area contributed by atoms with E-state index < -0.39 is 0 Å². The van der Waals surface area contributed by atoms with Gasteiger partial charge in [-0.25, -0.2) is 0 Å². The van der Waals surface area contributed by atoms with Crippen LogP contribution in [0.15, 0.2) is 38.6 Å². The van der Waals surface area contributed by atoms with Gasteiger partial charge in [0.25, 0.3) is 0 Å². The van der Waals surface area contributed by atoms with Gasteiger partial charge in [0.2, 0.25) is 0 Å². The van der Waals surface area contributed by atoms with Crippen molar-refractivity contribution in [3.05, 3.63) is 49.0 Å². The van der Waals surface area contributed by atoms with Crippen LogP contribution >= 0.6 is 43.2 Å². The van der Waals surface area contributed by atoms with E-state index in [1.165, 1.54) is 14.2 Å². The molecule has 5 heteroatoms. The van der Waals surface area contributed by atoms with E-state index in [4.69, 9.17) is 4.74 Å². The van der Waals surface area contributed by atoms with Crippen LogP contribution in [0.5, 0.6) is 5.75 Å². The topological polar surface area (TPSA) is 21.3 Å². The number of ether oxygens (including phenoxy) is 1. The molecule has 1 unspecified atom stereocenters. The Morgan fingerprint density at radius 1 is 1.25 bits per heavy atom. The van der Waals surface area contributed by atoms with E-state index in [0.29, 0.717) is 6.04 Å². The third-order valence-electron chi connectivity index (χ3n) is 3.04. The number of methoxy groups -OCH3 is 1. The number of hydrogen-bond acceptors (Lipinski definition) is 3. The largest absolute Gasteiger partial charge is 0.496 e. The van der Waals surface area contributed by atoms with E-state index in [1.807, 2.05) is 6.07 Å². The van der Waals surface area contributed by atoms with Gasteiger partial charge in [0, 0.05) is 10.9 Å². The summed E-state index contributed by atoms with van der Waals surface area (Å²) in [5, 5.41) is 3.55. The van der Waals surface area contributed by atoms with E-state index in [1.54, 1.807) is 18.4 Å². The number of rotatable bonds is 6. The van der Waals surface area contributed by atoms with Gasteiger partial charge in [0.05, 0.1) is 15.4 Å².